The van der Waals surface area contributed by atoms with Gasteiger partial charge in [-0.2, -0.15) is 0 Å². The Morgan fingerprint density at radius 2 is 1.63 bits per heavy atom. The van der Waals surface area contributed by atoms with Gasteiger partial charge in [0.15, 0.2) is 0 Å². The van der Waals surface area contributed by atoms with Crippen molar-refractivity contribution in [3.8, 4) is 0 Å². The summed E-state index contributed by atoms with van der Waals surface area (Å²) in [5.41, 5.74) is 1.36. The predicted octanol–water partition coefficient (Wildman–Crippen LogP) is 4.68. The van der Waals surface area contributed by atoms with Crippen LogP contribution in [0.1, 0.15) is 38.3 Å². The van der Waals surface area contributed by atoms with Crippen molar-refractivity contribution in [3.63, 3.8) is 0 Å². The molecule has 0 saturated heterocycles. The Balaban J connectivity index is 2.09. The average molecular weight is 581 g/mol. The van der Waals surface area contributed by atoms with Crippen LogP contribution in [0, 0.1) is 23.0 Å². The number of nitro groups is 1. The van der Waals surface area contributed by atoms with E-state index in [1.807, 2.05) is 45.0 Å². The van der Waals surface area contributed by atoms with Crippen molar-refractivity contribution in [2.75, 3.05) is 17.4 Å². The van der Waals surface area contributed by atoms with Crippen LogP contribution in [0.4, 0.5) is 11.4 Å². The van der Waals surface area contributed by atoms with Crippen molar-refractivity contribution in [2.45, 2.75) is 51.6 Å². The molecule has 0 bridgehead atoms. The second kappa shape index (κ2) is 13.9. The molecule has 2 amide bonds. The van der Waals surface area contributed by atoms with Crippen LogP contribution in [0.15, 0.2) is 83.8 Å². The molecule has 0 saturated carbocycles. The van der Waals surface area contributed by atoms with Gasteiger partial charge in [-0.15, -0.1) is 0 Å². The van der Waals surface area contributed by atoms with E-state index in [-0.39, 0.29) is 34.6 Å². The number of nitrogens with zero attached hydrogens (tertiary/aromatic N) is 3. The average Bonchev–Trinajstić information content (AvgIpc) is 2.95. The van der Waals surface area contributed by atoms with Crippen LogP contribution in [0.2, 0.25) is 0 Å². The molecule has 0 radical (unpaired) electrons. The Morgan fingerprint density at radius 1 is 0.976 bits per heavy atom. The van der Waals surface area contributed by atoms with E-state index in [0.29, 0.717) is 13.0 Å². The molecule has 218 valence electrons. The summed E-state index contributed by atoms with van der Waals surface area (Å²) >= 11 is 0. The molecule has 10 nitrogen and oxygen atoms in total. The first-order valence-electron chi connectivity index (χ1n) is 13.4. The molecule has 0 heterocycles. The summed E-state index contributed by atoms with van der Waals surface area (Å²) in [5.74, 6) is -0.765. The Kier molecular flexibility index (Phi) is 10.6. The van der Waals surface area contributed by atoms with Crippen molar-refractivity contribution in [2.24, 2.45) is 5.92 Å². The highest BCUT2D eigenvalue weighted by Crippen LogP contribution is 2.28. The number of hydrogen-bond donors (Lipinski definition) is 1. The van der Waals surface area contributed by atoms with E-state index < -0.39 is 33.4 Å². The van der Waals surface area contributed by atoms with Gasteiger partial charge < -0.3 is 10.2 Å². The highest BCUT2D eigenvalue weighted by atomic mass is 32.2. The molecule has 0 spiro atoms. The van der Waals surface area contributed by atoms with E-state index in [1.165, 1.54) is 35.2 Å². The fraction of sp³-hybridized carbons (Fsp3) is 0.333. The lowest BCUT2D eigenvalue weighted by molar-refractivity contribution is -0.384. The van der Waals surface area contributed by atoms with Gasteiger partial charge in [0.1, 0.15) is 12.6 Å². The lowest BCUT2D eigenvalue weighted by Crippen LogP contribution is -2.52. The minimum Gasteiger partial charge on any atom is -0.354 e. The van der Waals surface area contributed by atoms with Crippen LogP contribution in [0.5, 0.6) is 0 Å². The Morgan fingerprint density at radius 3 is 2.24 bits per heavy atom. The van der Waals surface area contributed by atoms with Crippen molar-refractivity contribution in [1.29, 1.82) is 0 Å². The van der Waals surface area contributed by atoms with E-state index in [0.717, 1.165) is 21.5 Å². The van der Waals surface area contributed by atoms with Gasteiger partial charge in [-0.1, -0.05) is 69.3 Å². The number of rotatable bonds is 13. The largest absolute Gasteiger partial charge is 0.354 e. The molecule has 3 aromatic carbocycles. The molecule has 0 aliphatic heterocycles. The highest BCUT2D eigenvalue weighted by molar-refractivity contribution is 7.92. The quantitative estimate of drug-likeness (QED) is 0.231. The topological polar surface area (TPSA) is 130 Å². The number of anilines is 1. The molecule has 0 aliphatic carbocycles. The summed E-state index contributed by atoms with van der Waals surface area (Å²) in [6.45, 7) is 7.44. The van der Waals surface area contributed by atoms with Crippen LogP contribution in [-0.4, -0.2) is 49.2 Å². The molecule has 0 aromatic heterocycles. The van der Waals surface area contributed by atoms with Crippen LogP contribution >= 0.6 is 0 Å². The summed E-state index contributed by atoms with van der Waals surface area (Å²) in [4.78, 5) is 39.5. The van der Waals surface area contributed by atoms with Gasteiger partial charge in [0.05, 0.1) is 15.5 Å². The van der Waals surface area contributed by atoms with Crippen molar-refractivity contribution >= 4 is 33.2 Å². The number of nitrogens with one attached hydrogen (secondary N) is 1. The lowest BCUT2D eigenvalue weighted by Gasteiger charge is -2.33. The van der Waals surface area contributed by atoms with Crippen LogP contribution < -0.4 is 9.62 Å². The Hall–Kier alpha value is -4.25. The maximum absolute atomic E-state index is 14.1. The second-order valence-electron chi connectivity index (χ2n) is 10.1. The van der Waals surface area contributed by atoms with Crippen LogP contribution in [0.3, 0.4) is 0 Å². The van der Waals surface area contributed by atoms with Crippen molar-refractivity contribution in [3.05, 3.63) is 100 Å². The van der Waals surface area contributed by atoms with E-state index in [2.05, 4.69) is 5.32 Å². The Labute approximate surface area is 241 Å². The maximum atomic E-state index is 14.1. The molecule has 1 N–H and O–H groups in total. The monoisotopic (exact) mass is 580 g/mol. The molecule has 3 aromatic rings. The molecule has 0 fully saturated rings. The van der Waals surface area contributed by atoms with Gasteiger partial charge in [-0.05, 0) is 48.6 Å². The van der Waals surface area contributed by atoms with E-state index >= 15 is 0 Å². The summed E-state index contributed by atoms with van der Waals surface area (Å²) in [6.07, 6.45) is 0.295. The minimum atomic E-state index is -4.32. The summed E-state index contributed by atoms with van der Waals surface area (Å²) in [5, 5.41) is 14.4. The number of non-ortho nitro benzene ring substituents is 1. The SMILES string of the molecule is CC[C@H](C(=O)NCC(C)C)N(Cc1ccccc1C)C(=O)CN(c1cccc([N+](=O)[O-])c1)S(=O)(=O)c1ccccc1. The van der Waals surface area contributed by atoms with Gasteiger partial charge in [-0.25, -0.2) is 8.42 Å². The number of carbonyl (C=O) groups is 2. The smallest absolute Gasteiger partial charge is 0.271 e. The second-order valence-corrected chi connectivity index (χ2v) is 12.0. The Bertz CT molecular complexity index is 1480. The molecule has 0 aliphatic rings. The normalized spacial score (nSPS) is 12.0. The summed E-state index contributed by atoms with van der Waals surface area (Å²) in [7, 11) is -4.32. The number of hydrogen-bond acceptors (Lipinski definition) is 6. The molecule has 0 unspecified atom stereocenters. The van der Waals surface area contributed by atoms with Crippen LogP contribution in [-0.2, 0) is 26.2 Å². The minimum absolute atomic E-state index is 0.0375. The van der Waals surface area contributed by atoms with E-state index in [4.69, 9.17) is 0 Å². The zero-order valence-corrected chi connectivity index (χ0v) is 24.5. The van der Waals surface area contributed by atoms with Gasteiger partial charge >= 0.3 is 0 Å². The lowest BCUT2D eigenvalue weighted by atomic mass is 10.1. The maximum Gasteiger partial charge on any atom is 0.271 e. The van der Waals surface area contributed by atoms with Crippen molar-refractivity contribution < 1.29 is 22.9 Å². The molecular weight excluding hydrogens is 544 g/mol. The molecular formula is C30H36N4O6S. The fourth-order valence-electron chi connectivity index (χ4n) is 4.32. The molecule has 3 rings (SSSR count). The third-order valence-electron chi connectivity index (χ3n) is 6.61. The predicted molar refractivity (Wildman–Crippen MR) is 158 cm³/mol. The third-order valence-corrected chi connectivity index (χ3v) is 8.40. The van der Waals surface area contributed by atoms with Crippen molar-refractivity contribution in [1.82, 2.24) is 10.2 Å². The number of sulfonamides is 1. The zero-order valence-electron chi connectivity index (χ0n) is 23.7. The highest BCUT2D eigenvalue weighted by Gasteiger charge is 2.34. The van der Waals surface area contributed by atoms with E-state index in [9.17, 15) is 28.1 Å². The molecule has 41 heavy (non-hydrogen) atoms. The number of amides is 2. The molecule has 1 atom stereocenters. The van der Waals surface area contributed by atoms with Gasteiger partial charge in [0.25, 0.3) is 15.7 Å². The number of carbonyl (C=O) groups excluding carboxylic acids is 2. The summed E-state index contributed by atoms with van der Waals surface area (Å²) < 4.78 is 28.5. The number of aryl methyl sites for hydroxylation is 1. The first-order chi connectivity index (χ1) is 19.4. The molecule has 11 heteroatoms. The first-order valence-corrected chi connectivity index (χ1v) is 14.8. The van der Waals surface area contributed by atoms with Gasteiger partial charge in [-0.3, -0.25) is 24.0 Å². The van der Waals surface area contributed by atoms with Crippen LogP contribution in [0.25, 0.3) is 0 Å². The standard InChI is InChI=1S/C30H36N4O6S/c1-5-28(30(36)31-19-22(2)3)32(20-24-13-10-9-12-23(24)4)29(35)21-33(25-14-11-15-26(18-25)34(37)38)41(39,40)27-16-7-6-8-17-27/h6-18,22,28H,5,19-21H2,1-4H3,(H,31,36)/t28-/m1/s1. The number of nitro benzene ring substituents is 1. The fourth-order valence-corrected chi connectivity index (χ4v) is 5.75. The van der Waals surface area contributed by atoms with Gasteiger partial charge in [0, 0.05) is 25.2 Å². The zero-order chi connectivity index (χ0) is 30.2. The van der Waals surface area contributed by atoms with E-state index in [1.54, 1.807) is 25.1 Å². The summed E-state index contributed by atoms with van der Waals surface area (Å²) in [6, 6.07) is 19.3. The first kappa shape index (κ1) is 31.3. The van der Waals surface area contributed by atoms with Gasteiger partial charge in [0.2, 0.25) is 11.8 Å². The third kappa shape index (κ3) is 7.91. The number of benzene rings is 3.